The Morgan fingerprint density at radius 1 is 0.923 bits per heavy atom. The van der Waals surface area contributed by atoms with Crippen LogP contribution in [0.25, 0.3) is 0 Å². The molecule has 0 amide bonds. The number of nitrogens with one attached hydrogen (secondary N) is 2. The van der Waals surface area contributed by atoms with Gasteiger partial charge in [0.25, 0.3) is 0 Å². The standard InChI is InChI=1S/C8H16N2O2S/c11-5-1-3-9-7(5)13-8-6(12)2-4-10-8/h5-12H,1-4H2. The van der Waals surface area contributed by atoms with Crippen LogP contribution in [0.4, 0.5) is 0 Å². The summed E-state index contributed by atoms with van der Waals surface area (Å²) in [5.74, 6) is 0. The summed E-state index contributed by atoms with van der Waals surface area (Å²) in [4.78, 5) is 0. The van der Waals surface area contributed by atoms with E-state index < -0.39 is 0 Å². The van der Waals surface area contributed by atoms with Crippen molar-refractivity contribution >= 4 is 11.8 Å². The highest BCUT2D eigenvalue weighted by atomic mass is 32.2. The lowest BCUT2D eigenvalue weighted by Crippen LogP contribution is -2.35. The van der Waals surface area contributed by atoms with Crippen molar-refractivity contribution in [3.63, 3.8) is 0 Å². The second-order valence-electron chi connectivity index (χ2n) is 3.60. The van der Waals surface area contributed by atoms with Gasteiger partial charge in [0.15, 0.2) is 0 Å². The molecule has 4 atom stereocenters. The Labute approximate surface area is 82.1 Å². The van der Waals surface area contributed by atoms with E-state index in [0.29, 0.717) is 0 Å². The van der Waals surface area contributed by atoms with Crippen LogP contribution in [0.5, 0.6) is 0 Å². The maximum Gasteiger partial charge on any atom is 0.0812 e. The smallest absolute Gasteiger partial charge is 0.0812 e. The Balaban J connectivity index is 1.82. The molecule has 0 bridgehead atoms. The van der Waals surface area contributed by atoms with E-state index in [9.17, 15) is 10.2 Å². The normalized spacial score (nSPS) is 45.7. The minimum Gasteiger partial charge on any atom is -0.391 e. The zero-order valence-corrected chi connectivity index (χ0v) is 8.26. The number of aliphatic hydroxyl groups excluding tert-OH is 2. The van der Waals surface area contributed by atoms with Crippen LogP contribution < -0.4 is 10.6 Å². The van der Waals surface area contributed by atoms with Gasteiger partial charge in [-0.05, 0) is 25.9 Å². The molecule has 2 fully saturated rings. The lowest BCUT2D eigenvalue weighted by Gasteiger charge is -2.21. The van der Waals surface area contributed by atoms with E-state index in [1.165, 1.54) is 0 Å². The summed E-state index contributed by atoms with van der Waals surface area (Å²) < 4.78 is 0. The first kappa shape index (κ1) is 9.73. The molecule has 4 nitrogen and oxygen atoms in total. The third-order valence-corrected chi connectivity index (χ3v) is 4.11. The fourth-order valence-electron chi connectivity index (χ4n) is 1.76. The van der Waals surface area contributed by atoms with Crippen LogP contribution in [-0.4, -0.2) is 46.3 Å². The maximum absolute atomic E-state index is 9.54. The highest BCUT2D eigenvalue weighted by Gasteiger charge is 2.32. The van der Waals surface area contributed by atoms with Gasteiger partial charge in [-0.15, -0.1) is 11.8 Å². The Morgan fingerprint density at radius 3 is 1.69 bits per heavy atom. The van der Waals surface area contributed by atoms with Gasteiger partial charge in [-0.2, -0.15) is 0 Å². The van der Waals surface area contributed by atoms with Crippen LogP contribution in [0.2, 0.25) is 0 Å². The van der Waals surface area contributed by atoms with Gasteiger partial charge in [0.2, 0.25) is 0 Å². The fourth-order valence-corrected chi connectivity index (χ4v) is 3.14. The van der Waals surface area contributed by atoms with Crippen LogP contribution in [0.3, 0.4) is 0 Å². The third-order valence-electron chi connectivity index (χ3n) is 2.56. The van der Waals surface area contributed by atoms with Crippen molar-refractivity contribution in [1.82, 2.24) is 10.6 Å². The number of thioether (sulfide) groups is 1. The van der Waals surface area contributed by atoms with Gasteiger partial charge in [-0.1, -0.05) is 0 Å². The molecule has 2 aliphatic rings. The van der Waals surface area contributed by atoms with Gasteiger partial charge < -0.3 is 20.8 Å². The summed E-state index contributed by atoms with van der Waals surface area (Å²) in [5, 5.41) is 25.7. The number of hydrogen-bond donors (Lipinski definition) is 4. The van der Waals surface area contributed by atoms with Gasteiger partial charge >= 0.3 is 0 Å². The predicted molar refractivity (Wildman–Crippen MR) is 52.4 cm³/mol. The molecule has 0 saturated carbocycles. The van der Waals surface area contributed by atoms with Gasteiger partial charge in [0, 0.05) is 0 Å². The molecule has 0 aromatic carbocycles. The molecule has 13 heavy (non-hydrogen) atoms. The van der Waals surface area contributed by atoms with Crippen molar-refractivity contribution in [2.75, 3.05) is 13.1 Å². The highest BCUT2D eigenvalue weighted by molar-refractivity contribution is 8.00. The zero-order chi connectivity index (χ0) is 9.26. The molecule has 0 radical (unpaired) electrons. The lowest BCUT2D eigenvalue weighted by molar-refractivity contribution is 0.179. The van der Waals surface area contributed by atoms with E-state index >= 15 is 0 Å². The lowest BCUT2D eigenvalue weighted by atomic mass is 10.3. The third kappa shape index (κ3) is 2.16. The molecule has 5 heteroatoms. The summed E-state index contributed by atoms with van der Waals surface area (Å²) in [6, 6.07) is 0. The second-order valence-corrected chi connectivity index (χ2v) is 4.89. The fraction of sp³-hybridized carbons (Fsp3) is 1.00. The monoisotopic (exact) mass is 204 g/mol. The van der Waals surface area contributed by atoms with E-state index in [-0.39, 0.29) is 23.0 Å². The van der Waals surface area contributed by atoms with Crippen molar-refractivity contribution in [2.24, 2.45) is 0 Å². The average Bonchev–Trinajstić information content (AvgIpc) is 2.65. The number of rotatable bonds is 2. The molecule has 0 aromatic rings. The molecule has 2 heterocycles. The summed E-state index contributed by atoms with van der Waals surface area (Å²) in [6.07, 6.45) is 1.11. The molecule has 2 aliphatic heterocycles. The van der Waals surface area contributed by atoms with E-state index in [0.717, 1.165) is 25.9 Å². The largest absolute Gasteiger partial charge is 0.391 e. The maximum atomic E-state index is 9.54. The van der Waals surface area contributed by atoms with Crippen molar-refractivity contribution in [2.45, 2.75) is 35.8 Å². The molecule has 2 rings (SSSR count). The molecule has 0 spiro atoms. The van der Waals surface area contributed by atoms with E-state index in [1.54, 1.807) is 11.8 Å². The molecular weight excluding hydrogens is 188 g/mol. The first-order valence-electron chi connectivity index (χ1n) is 4.76. The van der Waals surface area contributed by atoms with Crippen molar-refractivity contribution in [3.8, 4) is 0 Å². The predicted octanol–water partition coefficient (Wildman–Crippen LogP) is -0.920. The Morgan fingerprint density at radius 2 is 1.38 bits per heavy atom. The zero-order valence-electron chi connectivity index (χ0n) is 7.44. The topological polar surface area (TPSA) is 64.5 Å². The first-order valence-corrected chi connectivity index (χ1v) is 5.70. The minimum absolute atomic E-state index is 0.0882. The first-order chi connectivity index (χ1) is 6.27. The molecule has 0 aromatic heterocycles. The molecule has 0 aliphatic carbocycles. The molecule has 2 saturated heterocycles. The molecule has 4 unspecified atom stereocenters. The average molecular weight is 204 g/mol. The number of aliphatic hydroxyl groups is 2. The van der Waals surface area contributed by atoms with Gasteiger partial charge in [0.05, 0.1) is 23.0 Å². The Hall–Kier alpha value is 0.190. The van der Waals surface area contributed by atoms with Crippen molar-refractivity contribution in [1.29, 1.82) is 0 Å². The van der Waals surface area contributed by atoms with Crippen LogP contribution in [0, 0.1) is 0 Å². The van der Waals surface area contributed by atoms with Gasteiger partial charge in [0.1, 0.15) is 0 Å². The molecular formula is C8H16N2O2S. The van der Waals surface area contributed by atoms with E-state index in [1.807, 2.05) is 0 Å². The van der Waals surface area contributed by atoms with E-state index in [2.05, 4.69) is 10.6 Å². The Bertz CT molecular complexity index is 164. The minimum atomic E-state index is -0.264. The summed E-state index contributed by atoms with van der Waals surface area (Å²) in [6.45, 7) is 1.75. The van der Waals surface area contributed by atoms with Crippen LogP contribution >= 0.6 is 11.8 Å². The molecule has 76 valence electrons. The van der Waals surface area contributed by atoms with Crippen molar-refractivity contribution in [3.05, 3.63) is 0 Å². The molecule has 4 N–H and O–H groups in total. The van der Waals surface area contributed by atoms with Crippen LogP contribution in [0.15, 0.2) is 0 Å². The SMILES string of the molecule is OC1CCNC1SC1NCCC1O. The summed E-state index contributed by atoms with van der Waals surface area (Å²) in [5.41, 5.74) is 0. The van der Waals surface area contributed by atoms with Crippen LogP contribution in [0.1, 0.15) is 12.8 Å². The second kappa shape index (κ2) is 4.14. The van der Waals surface area contributed by atoms with E-state index in [4.69, 9.17) is 0 Å². The van der Waals surface area contributed by atoms with Crippen molar-refractivity contribution < 1.29 is 10.2 Å². The van der Waals surface area contributed by atoms with Gasteiger partial charge in [-0.3, -0.25) is 0 Å². The van der Waals surface area contributed by atoms with Crippen LogP contribution in [-0.2, 0) is 0 Å². The van der Waals surface area contributed by atoms with Gasteiger partial charge in [-0.25, -0.2) is 0 Å². The quantitative estimate of drug-likeness (QED) is 0.468. The number of hydrogen-bond acceptors (Lipinski definition) is 5. The Kier molecular flexibility index (Phi) is 3.10. The highest BCUT2D eigenvalue weighted by Crippen LogP contribution is 2.27. The summed E-state index contributed by atoms with van der Waals surface area (Å²) in [7, 11) is 0. The summed E-state index contributed by atoms with van der Waals surface area (Å²) >= 11 is 1.61.